The van der Waals surface area contributed by atoms with E-state index in [2.05, 4.69) is 15.5 Å². The van der Waals surface area contributed by atoms with Gasteiger partial charge in [-0.05, 0) is 72.1 Å². The van der Waals surface area contributed by atoms with E-state index >= 15 is 0 Å². The van der Waals surface area contributed by atoms with Crippen LogP contribution in [0.25, 0.3) is 16.5 Å². The van der Waals surface area contributed by atoms with Gasteiger partial charge < -0.3 is 5.32 Å². The largest absolute Gasteiger partial charge is 0.416 e. The summed E-state index contributed by atoms with van der Waals surface area (Å²) >= 11 is 6.63. The number of nitrogens with one attached hydrogen (secondary N) is 2. The highest BCUT2D eigenvalue weighted by Crippen LogP contribution is 2.42. The molecule has 0 saturated carbocycles. The molecule has 2 aliphatic heterocycles. The molecule has 176 valence electrons. The number of aromatic amines is 1. The van der Waals surface area contributed by atoms with Crippen molar-refractivity contribution in [2.45, 2.75) is 25.1 Å². The molecule has 2 aliphatic rings. The van der Waals surface area contributed by atoms with Crippen LogP contribution in [0.2, 0.25) is 5.02 Å². The lowest BCUT2D eigenvalue weighted by atomic mass is 9.93. The van der Waals surface area contributed by atoms with E-state index in [1.54, 1.807) is 24.4 Å². The number of fused-ring (bicyclic) bond motifs is 1. The van der Waals surface area contributed by atoms with Crippen molar-refractivity contribution in [3.63, 3.8) is 0 Å². The van der Waals surface area contributed by atoms with Crippen molar-refractivity contribution in [2.75, 3.05) is 13.1 Å². The normalized spacial score (nSPS) is 20.6. The van der Waals surface area contributed by atoms with Crippen LogP contribution in [0.1, 0.15) is 23.1 Å². The Morgan fingerprint density at radius 1 is 1.21 bits per heavy atom. The van der Waals surface area contributed by atoms with Crippen LogP contribution in [0.5, 0.6) is 0 Å². The zero-order valence-electron chi connectivity index (χ0n) is 17.6. The highest BCUT2D eigenvalue weighted by Gasteiger charge is 2.42. The number of halogens is 4. The molecule has 2 fully saturated rings. The van der Waals surface area contributed by atoms with E-state index in [1.807, 2.05) is 0 Å². The Morgan fingerprint density at radius 2 is 2.03 bits per heavy atom. The van der Waals surface area contributed by atoms with Gasteiger partial charge >= 0.3 is 6.18 Å². The maximum atomic E-state index is 13.8. The Hall–Kier alpha value is -2.82. The molecule has 3 aromatic rings. The molecule has 1 aromatic heterocycles. The Kier molecular flexibility index (Phi) is 5.91. The lowest BCUT2D eigenvalue weighted by Gasteiger charge is -2.20. The number of alkyl halides is 3. The van der Waals surface area contributed by atoms with Crippen molar-refractivity contribution in [3.8, 4) is 0 Å². The zero-order valence-corrected chi connectivity index (χ0v) is 19.2. The molecule has 3 heterocycles. The number of carbonyl (C=O) groups is 2. The number of H-pyrrole nitrogens is 1. The average molecular weight is 507 g/mol. The van der Waals surface area contributed by atoms with Crippen molar-refractivity contribution in [1.29, 1.82) is 0 Å². The molecular weight excluding hydrogens is 489 g/mol. The lowest BCUT2D eigenvalue weighted by molar-refractivity contribution is -0.138. The SMILES string of the molecule is O=C1S/C(=C(/Cc2ccc(Cl)cc2C(F)(F)F)c2ccc3[nH]ncc3c2)C(=O)N1[C@@H]1CCNC1. The highest BCUT2D eigenvalue weighted by molar-refractivity contribution is 8.18. The second kappa shape index (κ2) is 8.75. The van der Waals surface area contributed by atoms with Gasteiger partial charge in [-0.2, -0.15) is 18.3 Å². The number of rotatable bonds is 4. The van der Waals surface area contributed by atoms with Gasteiger partial charge in [-0.25, -0.2) is 0 Å². The predicted molar refractivity (Wildman–Crippen MR) is 124 cm³/mol. The molecule has 11 heteroatoms. The Balaban J connectivity index is 1.65. The summed E-state index contributed by atoms with van der Waals surface area (Å²) in [4.78, 5) is 27.6. The summed E-state index contributed by atoms with van der Waals surface area (Å²) in [7, 11) is 0. The second-order valence-electron chi connectivity index (χ2n) is 8.15. The van der Waals surface area contributed by atoms with E-state index in [9.17, 15) is 22.8 Å². The van der Waals surface area contributed by atoms with Gasteiger partial charge in [-0.3, -0.25) is 19.6 Å². The maximum absolute atomic E-state index is 13.8. The van der Waals surface area contributed by atoms with Gasteiger partial charge in [0.1, 0.15) is 0 Å². The first-order chi connectivity index (χ1) is 16.2. The molecule has 2 N–H and O–H groups in total. The number of thioether (sulfide) groups is 1. The number of imide groups is 1. The first-order valence-corrected chi connectivity index (χ1v) is 11.7. The Morgan fingerprint density at radius 3 is 2.76 bits per heavy atom. The molecule has 0 unspecified atom stereocenters. The minimum atomic E-state index is -4.63. The standard InChI is InChI=1S/C23H18ClF3N4O2S/c24-15-3-1-13(18(9-15)23(25,26)27)8-17(12-2-4-19-14(7-12)10-29-30-19)20-21(32)31(22(33)34-20)16-5-6-28-11-16/h1-4,7,9-10,16,28H,5-6,8,11H2,(H,29,30)/b20-17-/t16-/m1/s1. The number of hydrogen-bond donors (Lipinski definition) is 2. The summed E-state index contributed by atoms with van der Waals surface area (Å²) in [5.74, 6) is -0.478. The van der Waals surface area contributed by atoms with Crippen molar-refractivity contribution < 1.29 is 22.8 Å². The van der Waals surface area contributed by atoms with E-state index in [-0.39, 0.29) is 28.0 Å². The quantitative estimate of drug-likeness (QED) is 0.473. The van der Waals surface area contributed by atoms with Crippen LogP contribution in [0, 0.1) is 0 Å². The van der Waals surface area contributed by atoms with E-state index in [0.29, 0.717) is 30.6 Å². The smallest absolute Gasteiger partial charge is 0.315 e. The average Bonchev–Trinajstić information content (AvgIpc) is 3.52. The van der Waals surface area contributed by atoms with E-state index < -0.39 is 22.9 Å². The van der Waals surface area contributed by atoms with Crippen LogP contribution < -0.4 is 5.32 Å². The third-order valence-corrected chi connectivity index (χ3v) is 7.24. The number of carbonyl (C=O) groups excluding carboxylic acids is 2. The second-order valence-corrected chi connectivity index (χ2v) is 9.54. The fourth-order valence-electron chi connectivity index (χ4n) is 4.34. The molecule has 0 radical (unpaired) electrons. The lowest BCUT2D eigenvalue weighted by Crippen LogP contribution is -2.40. The van der Waals surface area contributed by atoms with Gasteiger partial charge in [-0.15, -0.1) is 0 Å². The molecule has 0 spiro atoms. The first kappa shape index (κ1) is 22.9. The maximum Gasteiger partial charge on any atom is 0.416 e. The Labute approximate surface area is 201 Å². The molecule has 34 heavy (non-hydrogen) atoms. The third kappa shape index (κ3) is 4.21. The summed E-state index contributed by atoms with van der Waals surface area (Å²) < 4.78 is 41.4. The van der Waals surface area contributed by atoms with Gasteiger partial charge in [-0.1, -0.05) is 23.7 Å². The molecule has 5 rings (SSSR count). The van der Waals surface area contributed by atoms with Crippen LogP contribution >= 0.6 is 23.4 Å². The number of allylic oxidation sites excluding steroid dienone is 1. The van der Waals surface area contributed by atoms with Gasteiger partial charge in [0.05, 0.1) is 28.2 Å². The van der Waals surface area contributed by atoms with Gasteiger partial charge in [0.2, 0.25) is 0 Å². The van der Waals surface area contributed by atoms with Crippen LogP contribution in [0.4, 0.5) is 18.0 Å². The summed E-state index contributed by atoms with van der Waals surface area (Å²) in [5, 5.41) is 10.2. The number of benzene rings is 2. The van der Waals surface area contributed by atoms with E-state index in [1.165, 1.54) is 17.0 Å². The fraction of sp³-hybridized carbons (Fsp3) is 0.261. The summed E-state index contributed by atoms with van der Waals surface area (Å²) in [6, 6.07) is 8.51. The highest BCUT2D eigenvalue weighted by atomic mass is 35.5. The minimum absolute atomic E-state index is 0.0338. The number of aromatic nitrogens is 2. The summed E-state index contributed by atoms with van der Waals surface area (Å²) in [6.45, 7) is 1.19. The van der Waals surface area contributed by atoms with Gasteiger partial charge in [0.15, 0.2) is 0 Å². The fourth-order valence-corrected chi connectivity index (χ4v) is 5.51. The zero-order chi connectivity index (χ0) is 24.0. The van der Waals surface area contributed by atoms with Crippen LogP contribution in [0.15, 0.2) is 47.5 Å². The van der Waals surface area contributed by atoms with Crippen molar-refractivity contribution in [1.82, 2.24) is 20.4 Å². The van der Waals surface area contributed by atoms with Crippen molar-refractivity contribution in [2.24, 2.45) is 0 Å². The summed E-state index contributed by atoms with van der Waals surface area (Å²) in [5.41, 5.74) is 0.741. The molecule has 2 aromatic carbocycles. The number of amides is 2. The van der Waals surface area contributed by atoms with Crippen LogP contribution in [-0.2, 0) is 17.4 Å². The van der Waals surface area contributed by atoms with Crippen LogP contribution in [0.3, 0.4) is 0 Å². The monoisotopic (exact) mass is 506 g/mol. The molecule has 1 atom stereocenters. The molecular formula is C23H18ClF3N4O2S. The van der Waals surface area contributed by atoms with E-state index in [0.717, 1.165) is 28.7 Å². The predicted octanol–water partition coefficient (Wildman–Crippen LogP) is 5.25. The number of nitrogens with zero attached hydrogens (tertiary/aromatic N) is 2. The molecule has 0 aliphatic carbocycles. The summed E-state index contributed by atoms with van der Waals surface area (Å²) in [6.07, 6.45) is -2.60. The molecule has 6 nitrogen and oxygen atoms in total. The molecule has 0 bridgehead atoms. The van der Waals surface area contributed by atoms with Crippen molar-refractivity contribution in [3.05, 3.63) is 69.2 Å². The first-order valence-electron chi connectivity index (χ1n) is 10.5. The molecule has 2 amide bonds. The third-order valence-electron chi connectivity index (χ3n) is 6.01. The topological polar surface area (TPSA) is 78.1 Å². The number of hydrogen-bond acceptors (Lipinski definition) is 5. The minimum Gasteiger partial charge on any atom is -0.315 e. The molecule has 2 saturated heterocycles. The van der Waals surface area contributed by atoms with Crippen molar-refractivity contribution >= 4 is 51.0 Å². The van der Waals surface area contributed by atoms with E-state index in [4.69, 9.17) is 11.6 Å². The van der Waals surface area contributed by atoms with Crippen LogP contribution in [-0.4, -0.2) is 45.4 Å². The van der Waals surface area contributed by atoms with Gasteiger partial charge in [0.25, 0.3) is 11.1 Å². The van der Waals surface area contributed by atoms with Gasteiger partial charge in [0, 0.05) is 17.0 Å². The Bertz CT molecular complexity index is 1330.